The first-order valence-corrected chi connectivity index (χ1v) is 6.97. The highest BCUT2D eigenvalue weighted by atomic mass is 19.1. The van der Waals surface area contributed by atoms with E-state index in [-0.39, 0.29) is 18.0 Å². The van der Waals surface area contributed by atoms with Crippen LogP contribution in [0, 0.1) is 23.5 Å². The summed E-state index contributed by atoms with van der Waals surface area (Å²) in [5.41, 5.74) is 0.233. The van der Waals surface area contributed by atoms with Gasteiger partial charge in [0, 0.05) is 18.7 Å². The Morgan fingerprint density at radius 1 is 1.35 bits per heavy atom. The summed E-state index contributed by atoms with van der Waals surface area (Å²) in [5.74, 6) is -1.28. The molecule has 0 amide bonds. The van der Waals surface area contributed by atoms with Crippen LogP contribution in [0.15, 0.2) is 18.2 Å². The zero-order valence-electron chi connectivity index (χ0n) is 11.1. The van der Waals surface area contributed by atoms with E-state index in [4.69, 9.17) is 0 Å². The highest BCUT2D eigenvalue weighted by Gasteiger charge is 2.47. The van der Waals surface area contributed by atoms with E-state index in [1.165, 1.54) is 0 Å². The first-order valence-electron chi connectivity index (χ1n) is 6.97. The van der Waals surface area contributed by atoms with E-state index in [1.54, 1.807) is 4.90 Å². The van der Waals surface area contributed by atoms with Gasteiger partial charge in [-0.25, -0.2) is 8.78 Å². The third kappa shape index (κ3) is 2.30. The summed E-state index contributed by atoms with van der Waals surface area (Å²) >= 11 is 0. The van der Waals surface area contributed by atoms with Crippen LogP contribution in [0.1, 0.15) is 24.8 Å². The van der Waals surface area contributed by atoms with Gasteiger partial charge >= 0.3 is 5.97 Å². The molecule has 1 heterocycles. The molecule has 1 aromatic rings. The second-order valence-corrected chi connectivity index (χ2v) is 5.80. The standard InChI is InChI=1S/C15H17F2NO2/c16-11-4-5-13(17)10(6-11)8-18-7-9-2-1-3-12(9)14(18)15(19)20/h4-6,9,12,14H,1-3,7-8H2,(H,19,20). The number of fused-ring (bicyclic) bond motifs is 1. The van der Waals surface area contributed by atoms with Crippen molar-refractivity contribution in [3.8, 4) is 0 Å². The molecule has 0 bridgehead atoms. The Bertz CT molecular complexity index is 535. The number of carboxylic acid groups (broad SMARTS) is 1. The van der Waals surface area contributed by atoms with Crippen molar-refractivity contribution in [2.75, 3.05) is 6.54 Å². The first kappa shape index (κ1) is 13.5. The van der Waals surface area contributed by atoms with Crippen molar-refractivity contribution in [1.29, 1.82) is 0 Å². The summed E-state index contributed by atoms with van der Waals surface area (Å²) in [6.45, 7) is 0.825. The normalized spacial score (nSPS) is 29.6. The van der Waals surface area contributed by atoms with Crippen LogP contribution in [-0.2, 0) is 11.3 Å². The van der Waals surface area contributed by atoms with Gasteiger partial charge in [0.25, 0.3) is 0 Å². The quantitative estimate of drug-likeness (QED) is 0.926. The molecule has 0 aromatic heterocycles. The summed E-state index contributed by atoms with van der Waals surface area (Å²) in [7, 11) is 0. The van der Waals surface area contributed by atoms with Crippen LogP contribution in [0.4, 0.5) is 8.78 Å². The van der Waals surface area contributed by atoms with Gasteiger partial charge in [-0.2, -0.15) is 0 Å². The predicted octanol–water partition coefficient (Wildman–Crippen LogP) is 2.65. The van der Waals surface area contributed by atoms with Crippen LogP contribution < -0.4 is 0 Å². The SMILES string of the molecule is O=C(O)C1C2CCCC2CN1Cc1cc(F)ccc1F. The fourth-order valence-corrected chi connectivity index (χ4v) is 3.78. The van der Waals surface area contributed by atoms with E-state index in [1.807, 2.05) is 0 Å². The van der Waals surface area contributed by atoms with Crippen molar-refractivity contribution in [1.82, 2.24) is 4.90 Å². The van der Waals surface area contributed by atoms with Crippen molar-refractivity contribution in [2.24, 2.45) is 11.8 Å². The second kappa shape index (κ2) is 5.13. The van der Waals surface area contributed by atoms with Crippen LogP contribution in [0.3, 0.4) is 0 Å². The molecule has 0 radical (unpaired) electrons. The Hall–Kier alpha value is -1.49. The van der Waals surface area contributed by atoms with Gasteiger partial charge in [-0.05, 0) is 42.9 Å². The lowest BCUT2D eigenvalue weighted by molar-refractivity contribution is -0.143. The average molecular weight is 281 g/mol. The monoisotopic (exact) mass is 281 g/mol. The van der Waals surface area contributed by atoms with Crippen molar-refractivity contribution >= 4 is 5.97 Å². The molecular formula is C15H17F2NO2. The van der Waals surface area contributed by atoms with Crippen molar-refractivity contribution < 1.29 is 18.7 Å². The molecular weight excluding hydrogens is 264 g/mol. The van der Waals surface area contributed by atoms with Gasteiger partial charge in [-0.3, -0.25) is 9.69 Å². The average Bonchev–Trinajstić information content (AvgIpc) is 2.93. The van der Waals surface area contributed by atoms with E-state index in [2.05, 4.69) is 0 Å². The summed E-state index contributed by atoms with van der Waals surface area (Å²) in [6.07, 6.45) is 3.03. The zero-order valence-corrected chi connectivity index (χ0v) is 11.1. The third-order valence-corrected chi connectivity index (χ3v) is 4.62. The number of aliphatic carboxylic acids is 1. The number of likely N-dealkylation sites (tertiary alicyclic amines) is 1. The van der Waals surface area contributed by atoms with Crippen LogP contribution in [0.25, 0.3) is 0 Å². The second-order valence-electron chi connectivity index (χ2n) is 5.80. The maximum absolute atomic E-state index is 13.7. The van der Waals surface area contributed by atoms with E-state index in [0.717, 1.165) is 37.5 Å². The molecule has 3 rings (SSSR count). The van der Waals surface area contributed by atoms with Gasteiger partial charge in [-0.15, -0.1) is 0 Å². The van der Waals surface area contributed by atoms with Gasteiger partial charge in [0.2, 0.25) is 0 Å². The fourth-order valence-electron chi connectivity index (χ4n) is 3.78. The minimum Gasteiger partial charge on any atom is -0.480 e. The zero-order chi connectivity index (χ0) is 14.3. The molecule has 1 aromatic carbocycles. The summed E-state index contributed by atoms with van der Waals surface area (Å²) in [4.78, 5) is 13.3. The topological polar surface area (TPSA) is 40.5 Å². The molecule has 1 N–H and O–H groups in total. The Balaban J connectivity index is 1.82. The summed E-state index contributed by atoms with van der Waals surface area (Å²) in [6, 6.07) is 2.76. The Kier molecular flexibility index (Phi) is 3.46. The van der Waals surface area contributed by atoms with E-state index in [0.29, 0.717) is 12.5 Å². The minimum atomic E-state index is -0.851. The van der Waals surface area contributed by atoms with E-state index >= 15 is 0 Å². The number of nitrogens with zero attached hydrogens (tertiary/aromatic N) is 1. The van der Waals surface area contributed by atoms with E-state index in [9.17, 15) is 18.7 Å². The van der Waals surface area contributed by atoms with Crippen molar-refractivity contribution in [2.45, 2.75) is 31.8 Å². The lowest BCUT2D eigenvalue weighted by Gasteiger charge is -2.24. The maximum Gasteiger partial charge on any atom is 0.321 e. The van der Waals surface area contributed by atoms with Gasteiger partial charge in [0.05, 0.1) is 0 Å². The number of benzene rings is 1. The third-order valence-electron chi connectivity index (χ3n) is 4.62. The number of hydrogen-bond acceptors (Lipinski definition) is 2. The molecule has 3 unspecified atom stereocenters. The van der Waals surface area contributed by atoms with Crippen molar-refractivity contribution in [3.63, 3.8) is 0 Å². The number of hydrogen-bond donors (Lipinski definition) is 1. The molecule has 3 nitrogen and oxygen atoms in total. The fraction of sp³-hybridized carbons (Fsp3) is 0.533. The summed E-state index contributed by atoms with van der Waals surface area (Å²) in [5, 5.41) is 9.42. The van der Waals surface area contributed by atoms with Gasteiger partial charge in [0.15, 0.2) is 0 Å². The molecule has 5 heteroatoms. The lowest BCUT2D eigenvalue weighted by atomic mass is 9.94. The Morgan fingerprint density at radius 2 is 2.15 bits per heavy atom. The van der Waals surface area contributed by atoms with E-state index < -0.39 is 23.6 Å². The van der Waals surface area contributed by atoms with Crippen LogP contribution >= 0.6 is 0 Å². The van der Waals surface area contributed by atoms with Gasteiger partial charge in [-0.1, -0.05) is 6.42 Å². The molecule has 0 spiro atoms. The largest absolute Gasteiger partial charge is 0.480 e. The molecule has 1 aliphatic carbocycles. The predicted molar refractivity (Wildman–Crippen MR) is 69.0 cm³/mol. The number of rotatable bonds is 3. The van der Waals surface area contributed by atoms with Crippen LogP contribution in [0.2, 0.25) is 0 Å². The first-order chi connectivity index (χ1) is 9.56. The molecule has 1 saturated heterocycles. The molecule has 1 saturated carbocycles. The minimum absolute atomic E-state index is 0.157. The highest BCUT2D eigenvalue weighted by Crippen LogP contribution is 2.42. The van der Waals surface area contributed by atoms with Crippen LogP contribution in [-0.4, -0.2) is 28.6 Å². The Labute approximate surface area is 116 Å². The molecule has 2 fully saturated rings. The maximum atomic E-state index is 13.7. The van der Waals surface area contributed by atoms with Crippen LogP contribution in [0.5, 0.6) is 0 Å². The summed E-state index contributed by atoms with van der Waals surface area (Å²) < 4.78 is 26.9. The lowest BCUT2D eigenvalue weighted by Crippen LogP contribution is -2.39. The Morgan fingerprint density at radius 3 is 2.90 bits per heavy atom. The molecule has 20 heavy (non-hydrogen) atoms. The molecule has 1 aliphatic heterocycles. The number of carbonyl (C=O) groups is 1. The van der Waals surface area contributed by atoms with Crippen molar-refractivity contribution in [3.05, 3.63) is 35.4 Å². The highest BCUT2D eigenvalue weighted by molar-refractivity contribution is 5.74. The number of carboxylic acids is 1. The molecule has 108 valence electrons. The van der Waals surface area contributed by atoms with Gasteiger partial charge in [0.1, 0.15) is 17.7 Å². The molecule has 3 atom stereocenters. The number of halogens is 2. The van der Waals surface area contributed by atoms with Gasteiger partial charge < -0.3 is 5.11 Å². The molecule has 2 aliphatic rings. The smallest absolute Gasteiger partial charge is 0.321 e.